The summed E-state index contributed by atoms with van der Waals surface area (Å²) < 4.78 is 55.9. The monoisotopic (exact) mass is 910 g/mol. The predicted octanol–water partition coefficient (Wildman–Crippen LogP) is 6.50. The minimum absolute atomic E-state index is 0.00605. The van der Waals surface area contributed by atoms with Gasteiger partial charge in [-0.3, -0.25) is 39.0 Å². The van der Waals surface area contributed by atoms with Crippen molar-refractivity contribution < 1.29 is 51.4 Å². The molecule has 2 aliphatic heterocycles. The molecule has 0 aliphatic carbocycles. The molecule has 0 bridgehead atoms. The van der Waals surface area contributed by atoms with Crippen molar-refractivity contribution in [3.05, 3.63) is 123 Å². The number of aromatic nitrogens is 3. The fourth-order valence-electron chi connectivity index (χ4n) is 6.30. The Morgan fingerprint density at radius 3 is 2.50 bits per heavy atom. The van der Waals surface area contributed by atoms with Crippen LogP contribution in [-0.2, 0) is 38.4 Å². The molecule has 1 aromatic heterocycles. The molecular formula is C40H31Cl2F3N8O8S. The van der Waals surface area contributed by atoms with Crippen LogP contribution < -0.4 is 25.4 Å². The molecule has 16 nitrogen and oxygen atoms in total. The highest BCUT2D eigenvalue weighted by Crippen LogP contribution is 2.39. The van der Waals surface area contributed by atoms with Crippen molar-refractivity contribution in [1.29, 1.82) is 0 Å². The van der Waals surface area contributed by atoms with E-state index in [1.54, 1.807) is 36.5 Å². The zero-order valence-corrected chi connectivity index (χ0v) is 34.1. The van der Waals surface area contributed by atoms with Gasteiger partial charge in [0.25, 0.3) is 17.7 Å². The summed E-state index contributed by atoms with van der Waals surface area (Å²) in [5.41, 5.74) is 0.190. The number of nitrogens with zero attached hydrogens (tertiary/aromatic N) is 4. The van der Waals surface area contributed by atoms with Crippen LogP contribution in [0.3, 0.4) is 0 Å². The van der Waals surface area contributed by atoms with Gasteiger partial charge < -0.3 is 24.8 Å². The number of ether oxygens (including phenoxy) is 2. The van der Waals surface area contributed by atoms with Crippen molar-refractivity contribution in [3.63, 3.8) is 0 Å². The number of imide groups is 2. The van der Waals surface area contributed by atoms with Crippen molar-refractivity contribution in [2.45, 2.75) is 43.0 Å². The standard InChI is InChI=1S/C40H31Cl2F3N8O8S/c41-22-6-12-32(30(16-22)50-62-25-9-10-28(42)27(17-25)40(43,44)45)61-24-7-4-21(5-8-24)36(56)46-18-23-19-52(51-49-23)14-15-60-20-34(55)47-29-3-1-2-26-35(29)39(59)53(38(26)58)31-11-13-33(54)48-37(31)57/h1-10,12,16-17,19,31,50H,11,13-15,18,20H2,(H,46,56)(H,47,55)(H,48,54,57). The van der Waals surface area contributed by atoms with E-state index in [0.29, 0.717) is 33.5 Å². The van der Waals surface area contributed by atoms with E-state index in [-0.39, 0.29) is 54.2 Å². The molecular weight excluding hydrogens is 880 g/mol. The van der Waals surface area contributed by atoms with E-state index < -0.39 is 64.9 Å². The van der Waals surface area contributed by atoms with Gasteiger partial charge in [0.2, 0.25) is 17.7 Å². The Hall–Kier alpha value is -6.48. The number of hydrogen-bond acceptors (Lipinski definition) is 12. The van der Waals surface area contributed by atoms with Gasteiger partial charge in [0.15, 0.2) is 5.75 Å². The topological polar surface area (TPSA) is 203 Å². The number of nitrogens with one attached hydrogen (secondary N) is 4. The third kappa shape index (κ3) is 10.2. The first kappa shape index (κ1) is 43.6. The lowest BCUT2D eigenvalue weighted by Crippen LogP contribution is -2.54. The SMILES string of the molecule is O=C1CCC(N2C(=O)c3cccc(NC(=O)COCCn4cc(CNC(=O)c5ccc(Oc6ccc(Cl)cc6NSc6ccc(Cl)c(C(F)(F)F)c6)cc5)nn4)c3C2=O)C(=O)N1. The third-order valence-electron chi connectivity index (χ3n) is 9.26. The van der Waals surface area contributed by atoms with E-state index >= 15 is 0 Å². The molecule has 1 atom stereocenters. The van der Waals surface area contributed by atoms with E-state index in [9.17, 15) is 41.9 Å². The third-order valence-corrected chi connectivity index (χ3v) is 10.6. The van der Waals surface area contributed by atoms with Gasteiger partial charge in [-0.1, -0.05) is 34.5 Å². The number of rotatable bonds is 15. The first-order valence-corrected chi connectivity index (χ1v) is 20.0. The molecule has 0 spiro atoms. The van der Waals surface area contributed by atoms with Gasteiger partial charge in [-0.05, 0) is 91.2 Å². The summed E-state index contributed by atoms with van der Waals surface area (Å²) in [5.74, 6) is -3.05. The van der Waals surface area contributed by atoms with Crippen molar-refractivity contribution >= 4 is 82.0 Å². The van der Waals surface area contributed by atoms with Crippen molar-refractivity contribution in [3.8, 4) is 11.5 Å². The quantitative estimate of drug-likeness (QED) is 0.0505. The zero-order valence-electron chi connectivity index (χ0n) is 31.8. The van der Waals surface area contributed by atoms with E-state index in [4.69, 9.17) is 32.7 Å². The van der Waals surface area contributed by atoms with E-state index in [1.807, 2.05) is 0 Å². The fraction of sp³-hybridized carbons (Fsp3) is 0.200. The molecule has 22 heteroatoms. The van der Waals surface area contributed by atoms with Crippen LogP contribution in [0.2, 0.25) is 10.0 Å². The van der Waals surface area contributed by atoms with Gasteiger partial charge in [-0.2, -0.15) is 13.2 Å². The maximum Gasteiger partial charge on any atom is 0.417 e. The number of halogens is 5. The van der Waals surface area contributed by atoms with Crippen LogP contribution in [0.15, 0.2) is 90.0 Å². The average molecular weight is 912 g/mol. The zero-order chi connectivity index (χ0) is 44.1. The fourth-order valence-corrected chi connectivity index (χ4v) is 7.40. The molecule has 1 fully saturated rings. The second-order valence-electron chi connectivity index (χ2n) is 13.5. The largest absolute Gasteiger partial charge is 0.455 e. The number of anilines is 2. The Morgan fingerprint density at radius 1 is 0.952 bits per heavy atom. The summed E-state index contributed by atoms with van der Waals surface area (Å²) in [6.45, 7) is -0.115. The molecule has 6 amide bonds. The Bertz CT molecular complexity index is 2590. The lowest BCUT2D eigenvalue weighted by Gasteiger charge is -2.27. The summed E-state index contributed by atoms with van der Waals surface area (Å²) in [6.07, 6.45) is -3.07. The van der Waals surface area contributed by atoms with Crippen molar-refractivity contribution in [2.24, 2.45) is 0 Å². The Labute approximate surface area is 363 Å². The first-order chi connectivity index (χ1) is 29.6. The average Bonchev–Trinajstić information content (AvgIpc) is 3.80. The van der Waals surface area contributed by atoms with Gasteiger partial charge >= 0.3 is 6.18 Å². The van der Waals surface area contributed by atoms with Crippen LogP contribution in [-0.4, -0.2) is 74.6 Å². The highest BCUT2D eigenvalue weighted by molar-refractivity contribution is 8.00. The van der Waals surface area contributed by atoms with Crippen molar-refractivity contribution in [2.75, 3.05) is 23.3 Å². The number of alkyl halides is 3. The molecule has 0 radical (unpaired) electrons. The van der Waals surface area contributed by atoms with E-state index in [0.717, 1.165) is 29.0 Å². The minimum atomic E-state index is -4.62. The highest BCUT2D eigenvalue weighted by atomic mass is 35.5. The second kappa shape index (κ2) is 18.6. The van der Waals surface area contributed by atoms with Crippen LogP contribution in [0.1, 0.15) is 55.2 Å². The smallest absolute Gasteiger partial charge is 0.417 e. The normalized spacial score (nSPS) is 15.0. The number of hydrogen-bond donors (Lipinski definition) is 4. The lowest BCUT2D eigenvalue weighted by molar-refractivity contribution is -0.138. The lowest BCUT2D eigenvalue weighted by atomic mass is 10.0. The second-order valence-corrected chi connectivity index (χ2v) is 15.3. The van der Waals surface area contributed by atoms with Gasteiger partial charge in [0.1, 0.15) is 24.1 Å². The van der Waals surface area contributed by atoms with Crippen LogP contribution >= 0.6 is 35.1 Å². The number of carbonyl (C=O) groups is 6. The predicted molar refractivity (Wildman–Crippen MR) is 218 cm³/mol. The number of carbonyl (C=O) groups excluding carboxylic acids is 6. The van der Waals surface area contributed by atoms with E-state index in [2.05, 4.69) is 31.0 Å². The Kier molecular flexibility index (Phi) is 13.1. The molecule has 5 aromatic rings. The molecule has 320 valence electrons. The number of amides is 6. The van der Waals surface area contributed by atoms with Gasteiger partial charge in [0, 0.05) is 21.9 Å². The summed E-state index contributed by atoms with van der Waals surface area (Å²) in [4.78, 5) is 76.9. The molecule has 0 saturated carbocycles. The maximum atomic E-state index is 13.3. The van der Waals surface area contributed by atoms with Crippen molar-refractivity contribution in [1.82, 2.24) is 30.5 Å². The maximum absolute atomic E-state index is 13.3. The van der Waals surface area contributed by atoms with E-state index in [1.165, 1.54) is 41.1 Å². The molecule has 4 aromatic carbocycles. The molecule has 3 heterocycles. The number of benzene rings is 4. The summed E-state index contributed by atoms with van der Waals surface area (Å²) in [5, 5.41) is 15.4. The number of fused-ring (bicyclic) bond motifs is 1. The summed E-state index contributed by atoms with van der Waals surface area (Å²) in [7, 11) is 0. The molecule has 4 N–H and O–H groups in total. The van der Waals surface area contributed by atoms with Gasteiger partial charge in [-0.15, -0.1) is 5.10 Å². The van der Waals surface area contributed by atoms with Crippen LogP contribution in [0.4, 0.5) is 24.5 Å². The van der Waals surface area contributed by atoms with Crippen LogP contribution in [0, 0.1) is 0 Å². The molecule has 62 heavy (non-hydrogen) atoms. The Balaban J connectivity index is 0.850. The Morgan fingerprint density at radius 2 is 1.74 bits per heavy atom. The molecule has 2 aliphatic rings. The number of piperidine rings is 1. The highest BCUT2D eigenvalue weighted by Gasteiger charge is 2.45. The van der Waals surface area contributed by atoms with Gasteiger partial charge in [-0.25, -0.2) is 4.68 Å². The van der Waals surface area contributed by atoms with Gasteiger partial charge in [0.05, 0.1) is 59.0 Å². The first-order valence-electron chi connectivity index (χ1n) is 18.4. The molecule has 1 unspecified atom stereocenters. The van der Waals surface area contributed by atoms with Crippen LogP contribution in [0.5, 0.6) is 11.5 Å². The molecule has 1 saturated heterocycles. The summed E-state index contributed by atoms with van der Waals surface area (Å²) in [6, 6.07) is 17.6. The summed E-state index contributed by atoms with van der Waals surface area (Å²) >= 11 is 12.8. The minimum Gasteiger partial charge on any atom is -0.455 e. The molecule has 7 rings (SSSR count). The van der Waals surface area contributed by atoms with Crippen LogP contribution in [0.25, 0.3) is 0 Å².